The van der Waals surface area contributed by atoms with Crippen LogP contribution in [0.3, 0.4) is 0 Å². The maximum absolute atomic E-state index is 11.7. The third-order valence-electron chi connectivity index (χ3n) is 4.72. The van der Waals surface area contributed by atoms with Crippen LogP contribution in [0.25, 0.3) is 0 Å². The molecule has 0 bridgehead atoms. The van der Waals surface area contributed by atoms with Crippen molar-refractivity contribution < 1.29 is 18.8 Å². The number of hydrogen-bond acceptors (Lipinski definition) is 4. The molecule has 2 atom stereocenters. The predicted octanol–water partition coefficient (Wildman–Crippen LogP) is 3.16. The normalized spacial score (nSPS) is 20.8. The molecule has 0 aromatic heterocycles. The Morgan fingerprint density at radius 1 is 1.29 bits per heavy atom. The minimum absolute atomic E-state index is 0.136. The number of carbonyl (C=O) groups excluding carboxylic acids is 2. The lowest BCUT2D eigenvalue weighted by atomic mass is 10.2. The van der Waals surface area contributed by atoms with E-state index in [1.54, 1.807) is 0 Å². The van der Waals surface area contributed by atoms with Gasteiger partial charge in [0.25, 0.3) is 5.91 Å². The molecule has 24 heavy (non-hydrogen) atoms. The number of hydrogen-bond donors (Lipinski definition) is 2. The van der Waals surface area contributed by atoms with Gasteiger partial charge in [0.15, 0.2) is 8.32 Å². The Morgan fingerprint density at radius 3 is 2.54 bits per heavy atom. The van der Waals surface area contributed by atoms with Gasteiger partial charge in [0.1, 0.15) is 0 Å². The first-order valence-electron chi connectivity index (χ1n) is 8.60. The van der Waals surface area contributed by atoms with Crippen molar-refractivity contribution in [2.75, 3.05) is 13.2 Å². The molecule has 1 fully saturated rings. The molecule has 0 saturated heterocycles. The second-order valence-electron chi connectivity index (χ2n) is 7.72. The van der Waals surface area contributed by atoms with Gasteiger partial charge in [-0.15, -0.1) is 0 Å². The molecule has 0 heterocycles. The second kappa shape index (κ2) is 8.67. The Morgan fingerprint density at radius 2 is 1.96 bits per heavy atom. The summed E-state index contributed by atoms with van der Waals surface area (Å²) in [4.78, 5) is 23.1. The molecular weight excluding hydrogens is 324 g/mol. The first kappa shape index (κ1) is 20.7. The molecule has 2 N–H and O–H groups in total. The van der Waals surface area contributed by atoms with Crippen LogP contribution in [0.15, 0.2) is 12.3 Å². The number of amides is 3. The fraction of sp³-hybridized carbons (Fsp3) is 0.765. The Bertz CT molecular complexity index is 472. The molecule has 0 spiro atoms. The third kappa shape index (κ3) is 7.05. The fourth-order valence-electron chi connectivity index (χ4n) is 1.99. The average molecular weight is 357 g/mol. The highest BCUT2D eigenvalue weighted by molar-refractivity contribution is 6.74. The maximum atomic E-state index is 11.7. The molecule has 1 aliphatic rings. The summed E-state index contributed by atoms with van der Waals surface area (Å²) >= 11 is 0. The summed E-state index contributed by atoms with van der Waals surface area (Å²) in [7, 11) is -1.70. The largest absolute Gasteiger partial charge is 0.501 e. The molecule has 0 aliphatic heterocycles. The number of nitrogens with one attached hydrogen (secondary N) is 2. The number of rotatable bonds is 8. The van der Waals surface area contributed by atoms with Crippen molar-refractivity contribution in [1.29, 1.82) is 0 Å². The lowest BCUT2D eigenvalue weighted by Gasteiger charge is -2.36. The smallest absolute Gasteiger partial charge is 0.321 e. The number of urea groups is 1. The highest BCUT2D eigenvalue weighted by Crippen LogP contribution is 2.38. The first-order valence-corrected chi connectivity index (χ1v) is 11.5. The molecule has 1 saturated carbocycles. The molecule has 0 aromatic rings. The van der Waals surface area contributed by atoms with Gasteiger partial charge in [-0.3, -0.25) is 10.1 Å². The van der Waals surface area contributed by atoms with Crippen LogP contribution in [0.5, 0.6) is 0 Å². The summed E-state index contributed by atoms with van der Waals surface area (Å²) < 4.78 is 11.1. The van der Waals surface area contributed by atoms with Crippen molar-refractivity contribution in [3.05, 3.63) is 12.3 Å². The van der Waals surface area contributed by atoms with Crippen molar-refractivity contribution in [1.82, 2.24) is 10.6 Å². The lowest BCUT2D eigenvalue weighted by molar-refractivity contribution is -0.115. The van der Waals surface area contributed by atoms with Crippen LogP contribution in [-0.2, 0) is 14.0 Å². The monoisotopic (exact) mass is 356 g/mol. The van der Waals surface area contributed by atoms with Gasteiger partial charge in [0, 0.05) is 18.7 Å². The zero-order valence-corrected chi connectivity index (χ0v) is 16.8. The van der Waals surface area contributed by atoms with Crippen molar-refractivity contribution in [2.24, 2.45) is 5.92 Å². The number of carbonyl (C=O) groups is 2. The van der Waals surface area contributed by atoms with Gasteiger partial charge in [-0.2, -0.15) is 0 Å². The van der Waals surface area contributed by atoms with Gasteiger partial charge < -0.3 is 14.5 Å². The van der Waals surface area contributed by atoms with E-state index < -0.39 is 20.3 Å². The average Bonchev–Trinajstić information content (AvgIpc) is 3.15. The van der Waals surface area contributed by atoms with Crippen LogP contribution in [0, 0.1) is 5.92 Å². The highest BCUT2D eigenvalue weighted by atomic mass is 28.4. The van der Waals surface area contributed by atoms with Gasteiger partial charge >= 0.3 is 6.03 Å². The zero-order chi connectivity index (χ0) is 18.4. The molecule has 6 nitrogen and oxygen atoms in total. The molecule has 138 valence electrons. The van der Waals surface area contributed by atoms with Crippen molar-refractivity contribution in [3.8, 4) is 0 Å². The van der Waals surface area contributed by atoms with Crippen LogP contribution in [-0.4, -0.2) is 39.5 Å². The van der Waals surface area contributed by atoms with Gasteiger partial charge in [0.2, 0.25) is 0 Å². The van der Waals surface area contributed by atoms with Crippen LogP contribution in [0.1, 0.15) is 40.5 Å². The zero-order valence-electron chi connectivity index (χ0n) is 15.8. The van der Waals surface area contributed by atoms with E-state index in [1.807, 2.05) is 6.92 Å². The van der Waals surface area contributed by atoms with Gasteiger partial charge in [-0.1, -0.05) is 20.8 Å². The molecule has 3 amide bonds. The van der Waals surface area contributed by atoms with E-state index in [2.05, 4.69) is 44.5 Å². The molecule has 1 aliphatic carbocycles. The number of imide groups is 1. The van der Waals surface area contributed by atoms with Crippen molar-refractivity contribution in [3.63, 3.8) is 0 Å². The van der Waals surface area contributed by atoms with E-state index in [0.29, 0.717) is 12.5 Å². The molecule has 7 heteroatoms. The minimum atomic E-state index is -1.70. The second-order valence-corrected chi connectivity index (χ2v) is 12.5. The minimum Gasteiger partial charge on any atom is -0.501 e. The van der Waals surface area contributed by atoms with E-state index in [9.17, 15) is 9.59 Å². The fourth-order valence-corrected chi connectivity index (χ4v) is 3.05. The summed E-state index contributed by atoms with van der Waals surface area (Å²) in [6.07, 6.45) is 4.36. The topological polar surface area (TPSA) is 76.7 Å². The lowest BCUT2D eigenvalue weighted by Crippen LogP contribution is -2.41. The summed E-state index contributed by atoms with van der Waals surface area (Å²) in [6, 6.07) is -0.323. The van der Waals surface area contributed by atoms with Crippen LogP contribution >= 0.6 is 0 Å². The predicted molar refractivity (Wildman–Crippen MR) is 97.1 cm³/mol. The Labute approximate surface area is 146 Å². The summed E-state index contributed by atoms with van der Waals surface area (Å²) in [5, 5.41) is 5.28. The van der Waals surface area contributed by atoms with Gasteiger partial charge in [-0.05, 0) is 43.8 Å². The Balaban J connectivity index is 2.21. The number of ether oxygens (including phenoxy) is 1. The van der Waals surface area contributed by atoms with E-state index in [4.69, 9.17) is 9.16 Å². The Hall–Kier alpha value is -1.34. The van der Waals surface area contributed by atoms with Gasteiger partial charge in [0.05, 0.1) is 12.9 Å². The molecule has 0 radical (unpaired) electrons. The molecule has 0 aromatic carbocycles. The summed E-state index contributed by atoms with van der Waals surface area (Å²) in [6.45, 7) is 14.2. The SMILES string of the molecule is CCOC=CC(=O)NC(=O)NC1CC1CCO[Si](C)(C)C(C)(C)C. The highest BCUT2D eigenvalue weighted by Gasteiger charge is 2.40. The van der Waals surface area contributed by atoms with Crippen LogP contribution < -0.4 is 10.6 Å². The first-order chi connectivity index (χ1) is 11.1. The third-order valence-corrected chi connectivity index (χ3v) is 9.25. The molecular formula is C17H32N2O4Si. The standard InChI is InChI=1S/C17H32N2O4Si/c1-7-22-10-9-15(20)19-16(21)18-14-12-13(14)8-11-23-24(5,6)17(2,3)4/h9-10,13-14H,7-8,11-12H2,1-6H3,(H2,18,19,20,21). The molecule has 1 rings (SSSR count). The van der Waals surface area contributed by atoms with Crippen LogP contribution in [0.2, 0.25) is 18.1 Å². The van der Waals surface area contributed by atoms with Crippen LogP contribution in [0.4, 0.5) is 4.79 Å². The Kier molecular flexibility index (Phi) is 7.47. The van der Waals surface area contributed by atoms with Crippen molar-refractivity contribution >= 4 is 20.3 Å². The van der Waals surface area contributed by atoms with E-state index >= 15 is 0 Å². The van der Waals surface area contributed by atoms with Crippen molar-refractivity contribution in [2.45, 2.75) is 64.7 Å². The maximum Gasteiger partial charge on any atom is 0.321 e. The van der Waals surface area contributed by atoms with Gasteiger partial charge in [-0.25, -0.2) is 4.79 Å². The van der Waals surface area contributed by atoms with E-state index in [0.717, 1.165) is 19.4 Å². The quantitative estimate of drug-likeness (QED) is 0.398. The molecule has 2 unspecified atom stereocenters. The summed E-state index contributed by atoms with van der Waals surface area (Å²) in [5.74, 6) is -0.0472. The van der Waals surface area contributed by atoms with E-state index in [1.165, 1.54) is 12.3 Å². The summed E-state index contributed by atoms with van der Waals surface area (Å²) in [5.41, 5.74) is 0. The van der Waals surface area contributed by atoms with E-state index in [-0.39, 0.29) is 11.1 Å².